The van der Waals surface area contributed by atoms with E-state index in [-0.39, 0.29) is 29.8 Å². The van der Waals surface area contributed by atoms with E-state index in [2.05, 4.69) is 11.9 Å². The Hall–Kier alpha value is -1.91. The summed E-state index contributed by atoms with van der Waals surface area (Å²) in [5, 5.41) is 22.6. The number of nitrogens with two attached hydrogens (primary N) is 1. The van der Waals surface area contributed by atoms with Crippen molar-refractivity contribution >= 4 is 33.3 Å². The average molecular weight is 533 g/mol. The van der Waals surface area contributed by atoms with Gasteiger partial charge in [-0.1, -0.05) is 40.2 Å². The van der Waals surface area contributed by atoms with E-state index in [4.69, 9.17) is 15.2 Å². The molecule has 1 unspecified atom stereocenters. The summed E-state index contributed by atoms with van der Waals surface area (Å²) >= 11 is 1.54. The van der Waals surface area contributed by atoms with Crippen molar-refractivity contribution in [3.63, 3.8) is 0 Å². The second-order valence-electron chi connectivity index (χ2n) is 11.6. The van der Waals surface area contributed by atoms with E-state index in [1.165, 1.54) is 11.3 Å². The van der Waals surface area contributed by atoms with Gasteiger partial charge in [0.1, 0.15) is 16.9 Å². The number of benzene rings is 1. The van der Waals surface area contributed by atoms with Gasteiger partial charge >= 0.3 is 5.97 Å². The van der Waals surface area contributed by atoms with Crippen LogP contribution in [0.15, 0.2) is 18.2 Å². The van der Waals surface area contributed by atoms with Crippen molar-refractivity contribution in [1.29, 1.82) is 0 Å². The van der Waals surface area contributed by atoms with Gasteiger partial charge in [-0.2, -0.15) is 0 Å². The molecule has 0 amide bonds. The Balaban J connectivity index is 1.62. The van der Waals surface area contributed by atoms with Crippen molar-refractivity contribution in [1.82, 2.24) is 4.98 Å². The SMILES string of the molecule is CC1C(=O)C(C)(C)[C@@H](O)CC(=O)O[C@H](c2ccc3sc(CN)nc3c2)C[C@@H]2O[C@]2(C)CCC[C@H](C)[C@@H]1O. The smallest absolute Gasteiger partial charge is 0.309 e. The minimum atomic E-state index is -1.25. The van der Waals surface area contributed by atoms with E-state index in [1.54, 1.807) is 20.8 Å². The highest BCUT2D eigenvalue weighted by Gasteiger charge is 2.53. The molecule has 2 aliphatic heterocycles. The zero-order chi connectivity index (χ0) is 27.1. The van der Waals surface area contributed by atoms with Gasteiger partial charge in [-0.05, 0) is 43.4 Å². The number of rotatable bonds is 2. The van der Waals surface area contributed by atoms with Gasteiger partial charge in [-0.15, -0.1) is 11.3 Å². The fourth-order valence-electron chi connectivity index (χ4n) is 5.50. The molecule has 2 fully saturated rings. The van der Waals surface area contributed by atoms with Crippen LogP contribution in [-0.2, 0) is 25.6 Å². The lowest BCUT2D eigenvalue weighted by Gasteiger charge is -2.34. The van der Waals surface area contributed by atoms with Crippen molar-refractivity contribution in [2.75, 3.05) is 0 Å². The largest absolute Gasteiger partial charge is 0.457 e. The number of cyclic esters (lactones) is 1. The van der Waals surface area contributed by atoms with Crippen molar-refractivity contribution in [3.8, 4) is 0 Å². The minimum Gasteiger partial charge on any atom is -0.457 e. The number of carbonyl (C=O) groups excluding carboxylic acids is 2. The number of aliphatic hydroxyl groups is 2. The molecule has 9 heteroatoms. The number of ether oxygens (including phenoxy) is 2. The number of hydrogen-bond acceptors (Lipinski definition) is 9. The maximum atomic E-state index is 13.3. The van der Waals surface area contributed by atoms with Gasteiger partial charge in [0.25, 0.3) is 0 Å². The average Bonchev–Trinajstić information content (AvgIpc) is 3.29. The van der Waals surface area contributed by atoms with Crippen molar-refractivity contribution in [2.24, 2.45) is 23.0 Å². The predicted octanol–water partition coefficient (Wildman–Crippen LogP) is 4.05. The molecular formula is C28H40N2O6S. The Bertz CT molecular complexity index is 1150. The molecule has 2 aromatic rings. The maximum Gasteiger partial charge on any atom is 0.309 e. The van der Waals surface area contributed by atoms with Gasteiger partial charge in [0, 0.05) is 18.9 Å². The van der Waals surface area contributed by atoms with Gasteiger partial charge in [-0.25, -0.2) is 4.98 Å². The summed E-state index contributed by atoms with van der Waals surface area (Å²) < 4.78 is 13.0. The number of aromatic nitrogens is 1. The van der Waals surface area contributed by atoms with Crippen LogP contribution in [0.3, 0.4) is 0 Å². The number of thiazole rings is 1. The highest BCUT2D eigenvalue weighted by atomic mass is 32.1. The summed E-state index contributed by atoms with van der Waals surface area (Å²) in [5.41, 5.74) is 5.83. The lowest BCUT2D eigenvalue weighted by molar-refractivity contribution is -0.156. The fraction of sp³-hybridized carbons (Fsp3) is 0.679. The number of Topliss-reactive ketones (excluding diaryl/α,β-unsaturated/α-hetero) is 1. The summed E-state index contributed by atoms with van der Waals surface area (Å²) in [7, 11) is 0. The third kappa shape index (κ3) is 5.91. The molecule has 1 aromatic carbocycles. The number of ketones is 1. The molecule has 204 valence electrons. The molecule has 2 saturated heterocycles. The summed E-state index contributed by atoms with van der Waals surface area (Å²) in [4.78, 5) is 30.9. The van der Waals surface area contributed by atoms with Crippen LogP contribution in [0.4, 0.5) is 0 Å². The maximum absolute atomic E-state index is 13.3. The second kappa shape index (κ2) is 10.7. The van der Waals surface area contributed by atoms with Gasteiger partial charge in [0.05, 0.1) is 46.0 Å². The lowest BCUT2D eigenvalue weighted by atomic mass is 9.73. The van der Waals surface area contributed by atoms with Gasteiger partial charge in [0.15, 0.2) is 0 Å². The van der Waals surface area contributed by atoms with E-state index in [1.807, 2.05) is 25.1 Å². The predicted molar refractivity (Wildman–Crippen MR) is 142 cm³/mol. The lowest BCUT2D eigenvalue weighted by Crippen LogP contribution is -2.45. The summed E-state index contributed by atoms with van der Waals surface area (Å²) in [6, 6.07) is 5.83. The van der Waals surface area contributed by atoms with Gasteiger partial charge < -0.3 is 25.4 Å². The molecule has 0 saturated carbocycles. The third-order valence-electron chi connectivity index (χ3n) is 8.41. The van der Waals surface area contributed by atoms with Crippen LogP contribution in [0.1, 0.15) is 83.4 Å². The normalized spacial score (nSPS) is 35.7. The Kier molecular flexibility index (Phi) is 8.12. The van der Waals surface area contributed by atoms with E-state index in [9.17, 15) is 19.8 Å². The molecule has 7 atom stereocenters. The topological polar surface area (TPSA) is 135 Å². The summed E-state index contributed by atoms with van der Waals surface area (Å²) in [5.74, 6) is -1.60. The number of epoxide rings is 1. The standard InChI is InChI=1S/C28H40N2O6S/c1-15-7-6-10-28(5)22(36-28)12-19(17-8-9-20-18(11-17)30-23(14-29)37-20)35-24(32)13-21(31)27(3,4)26(34)16(2)25(15)33/h8-9,11,15-16,19,21-22,25,31,33H,6-7,10,12-14,29H2,1-5H3/t15-,16?,19-,21-,22-,25-,28+/m0/s1. The molecule has 4 N–H and O–H groups in total. The number of carbonyl (C=O) groups is 2. The van der Waals surface area contributed by atoms with E-state index in [0.717, 1.165) is 40.1 Å². The fourth-order valence-corrected chi connectivity index (χ4v) is 6.33. The Morgan fingerprint density at radius 1 is 1.19 bits per heavy atom. The minimum absolute atomic E-state index is 0.0777. The first-order valence-electron chi connectivity index (χ1n) is 13.2. The first kappa shape index (κ1) is 28.1. The van der Waals surface area contributed by atoms with Crippen LogP contribution in [0.2, 0.25) is 0 Å². The molecule has 37 heavy (non-hydrogen) atoms. The number of nitrogens with zero attached hydrogens (tertiary/aromatic N) is 1. The van der Waals surface area contributed by atoms with Crippen molar-refractivity contribution in [3.05, 3.63) is 28.8 Å². The van der Waals surface area contributed by atoms with Crippen molar-refractivity contribution in [2.45, 2.75) is 103 Å². The molecule has 3 heterocycles. The molecule has 0 bridgehead atoms. The summed E-state index contributed by atoms with van der Waals surface area (Å²) in [6.07, 6.45) is -0.162. The zero-order valence-corrected chi connectivity index (χ0v) is 23.2. The van der Waals surface area contributed by atoms with Crippen LogP contribution in [0.5, 0.6) is 0 Å². The number of aliphatic hydroxyl groups excluding tert-OH is 2. The monoisotopic (exact) mass is 532 g/mol. The van der Waals surface area contributed by atoms with Crippen LogP contribution < -0.4 is 5.73 Å². The zero-order valence-electron chi connectivity index (χ0n) is 22.4. The van der Waals surface area contributed by atoms with E-state index < -0.39 is 35.6 Å². The van der Waals surface area contributed by atoms with Crippen LogP contribution in [-0.4, -0.2) is 50.9 Å². The highest BCUT2D eigenvalue weighted by Crippen LogP contribution is 2.47. The molecule has 8 nitrogen and oxygen atoms in total. The Labute approximate surface area is 222 Å². The number of esters is 1. The van der Waals surface area contributed by atoms with Gasteiger partial charge in [0.2, 0.25) is 0 Å². The third-order valence-corrected chi connectivity index (χ3v) is 9.47. The van der Waals surface area contributed by atoms with Crippen molar-refractivity contribution < 1.29 is 29.3 Å². The summed E-state index contributed by atoms with van der Waals surface area (Å²) in [6.45, 7) is 9.32. The highest BCUT2D eigenvalue weighted by molar-refractivity contribution is 7.18. The molecule has 0 spiro atoms. The van der Waals surface area contributed by atoms with Gasteiger partial charge in [-0.3, -0.25) is 9.59 Å². The molecule has 0 radical (unpaired) electrons. The quantitative estimate of drug-likeness (QED) is 0.389. The second-order valence-corrected chi connectivity index (χ2v) is 12.7. The molecular weight excluding hydrogens is 492 g/mol. The molecule has 1 aromatic heterocycles. The van der Waals surface area contributed by atoms with Crippen LogP contribution >= 0.6 is 11.3 Å². The first-order valence-corrected chi connectivity index (χ1v) is 14.0. The molecule has 4 rings (SSSR count). The van der Waals surface area contributed by atoms with Crippen LogP contribution in [0.25, 0.3) is 10.2 Å². The Morgan fingerprint density at radius 2 is 1.92 bits per heavy atom. The first-order chi connectivity index (χ1) is 17.4. The molecule has 2 aliphatic rings. The Morgan fingerprint density at radius 3 is 2.62 bits per heavy atom. The number of fused-ring (bicyclic) bond motifs is 2. The van der Waals surface area contributed by atoms with E-state index in [0.29, 0.717) is 13.0 Å². The number of hydrogen-bond donors (Lipinski definition) is 3. The van der Waals surface area contributed by atoms with Crippen LogP contribution in [0, 0.1) is 17.3 Å². The van der Waals surface area contributed by atoms with E-state index >= 15 is 0 Å². The molecule has 0 aliphatic carbocycles.